The summed E-state index contributed by atoms with van der Waals surface area (Å²) in [4.78, 5) is 15.5. The number of carbonyl (C=O) groups is 1. The van der Waals surface area contributed by atoms with Crippen LogP contribution in [0.5, 0.6) is 0 Å². The van der Waals surface area contributed by atoms with Crippen LogP contribution in [0.4, 0.5) is 4.39 Å². The number of halogens is 1. The molecule has 5 heteroatoms. The number of nitrogens with zero attached hydrogens (tertiary/aromatic N) is 2. The maximum absolute atomic E-state index is 12.9. The molecule has 0 bridgehead atoms. The second-order valence-corrected chi connectivity index (χ2v) is 3.57. The van der Waals surface area contributed by atoms with Crippen molar-refractivity contribution in [3.8, 4) is 0 Å². The van der Waals surface area contributed by atoms with Crippen LogP contribution in [-0.2, 0) is 6.54 Å². The Labute approximate surface area is 98.1 Å². The third-order valence-electron chi connectivity index (χ3n) is 2.30. The molecule has 4 nitrogen and oxygen atoms in total. The zero-order valence-corrected chi connectivity index (χ0v) is 9.14. The number of imidazole rings is 1. The van der Waals surface area contributed by atoms with E-state index in [0.29, 0.717) is 18.7 Å². The van der Waals surface area contributed by atoms with Crippen LogP contribution in [0.15, 0.2) is 43.0 Å². The number of carbonyl (C=O) groups excluding carboxylic acids is 1. The second kappa shape index (κ2) is 5.25. The molecule has 0 saturated heterocycles. The van der Waals surface area contributed by atoms with Crippen molar-refractivity contribution in [3.63, 3.8) is 0 Å². The highest BCUT2D eigenvalue weighted by Crippen LogP contribution is 2.02. The van der Waals surface area contributed by atoms with Crippen molar-refractivity contribution in [2.45, 2.75) is 6.54 Å². The van der Waals surface area contributed by atoms with E-state index in [2.05, 4.69) is 10.3 Å². The van der Waals surface area contributed by atoms with Crippen LogP contribution in [0.1, 0.15) is 10.4 Å². The summed E-state index contributed by atoms with van der Waals surface area (Å²) >= 11 is 0. The number of nitrogens with one attached hydrogen (secondary N) is 1. The van der Waals surface area contributed by atoms with Gasteiger partial charge in [-0.1, -0.05) is 6.07 Å². The minimum Gasteiger partial charge on any atom is -0.350 e. The highest BCUT2D eigenvalue weighted by molar-refractivity contribution is 5.94. The predicted molar refractivity (Wildman–Crippen MR) is 61.0 cm³/mol. The van der Waals surface area contributed by atoms with Crippen LogP contribution in [-0.4, -0.2) is 22.0 Å². The van der Waals surface area contributed by atoms with E-state index in [1.165, 1.54) is 18.2 Å². The molecule has 0 aliphatic heterocycles. The molecule has 0 spiro atoms. The minimum absolute atomic E-state index is 0.274. The average Bonchev–Trinajstić information content (AvgIpc) is 2.82. The highest BCUT2D eigenvalue weighted by Gasteiger charge is 2.05. The van der Waals surface area contributed by atoms with Gasteiger partial charge in [0.05, 0.1) is 6.33 Å². The lowest BCUT2D eigenvalue weighted by atomic mass is 10.2. The molecule has 17 heavy (non-hydrogen) atoms. The van der Waals surface area contributed by atoms with Crippen molar-refractivity contribution in [1.82, 2.24) is 14.9 Å². The normalized spacial score (nSPS) is 10.2. The molecule has 0 fully saturated rings. The van der Waals surface area contributed by atoms with Gasteiger partial charge in [0.25, 0.3) is 5.91 Å². The number of aromatic nitrogens is 2. The maximum Gasteiger partial charge on any atom is 0.251 e. The van der Waals surface area contributed by atoms with E-state index in [9.17, 15) is 9.18 Å². The molecule has 2 aromatic rings. The van der Waals surface area contributed by atoms with Gasteiger partial charge in [-0.3, -0.25) is 4.79 Å². The Balaban J connectivity index is 1.85. The van der Waals surface area contributed by atoms with Gasteiger partial charge in [-0.25, -0.2) is 9.37 Å². The van der Waals surface area contributed by atoms with Crippen molar-refractivity contribution < 1.29 is 9.18 Å². The van der Waals surface area contributed by atoms with Gasteiger partial charge in [-0.2, -0.15) is 0 Å². The number of rotatable bonds is 4. The Morgan fingerprint density at radius 3 is 3.06 bits per heavy atom. The molecule has 0 unspecified atom stereocenters. The topological polar surface area (TPSA) is 46.9 Å². The number of hydrogen-bond donors (Lipinski definition) is 1. The van der Waals surface area contributed by atoms with Gasteiger partial charge in [0, 0.05) is 31.0 Å². The fourth-order valence-corrected chi connectivity index (χ4v) is 1.45. The van der Waals surface area contributed by atoms with Crippen LogP contribution in [0.25, 0.3) is 0 Å². The zero-order valence-electron chi connectivity index (χ0n) is 9.14. The van der Waals surface area contributed by atoms with E-state index in [1.807, 2.05) is 10.8 Å². The summed E-state index contributed by atoms with van der Waals surface area (Å²) < 4.78 is 14.7. The van der Waals surface area contributed by atoms with Crippen molar-refractivity contribution in [2.75, 3.05) is 6.54 Å². The molecule has 0 aliphatic rings. The van der Waals surface area contributed by atoms with Crippen molar-refractivity contribution >= 4 is 5.91 Å². The fraction of sp³-hybridized carbons (Fsp3) is 0.167. The summed E-state index contributed by atoms with van der Waals surface area (Å²) in [7, 11) is 0. The Hall–Kier alpha value is -2.17. The molecule has 1 aromatic carbocycles. The number of hydrogen-bond acceptors (Lipinski definition) is 2. The molecule has 1 aromatic heterocycles. The first-order chi connectivity index (χ1) is 8.25. The molecular weight excluding hydrogens is 221 g/mol. The van der Waals surface area contributed by atoms with Gasteiger partial charge in [0.1, 0.15) is 5.82 Å². The Kier molecular flexibility index (Phi) is 3.49. The van der Waals surface area contributed by atoms with Gasteiger partial charge in [0.2, 0.25) is 0 Å². The minimum atomic E-state index is -0.410. The number of benzene rings is 1. The summed E-state index contributed by atoms with van der Waals surface area (Å²) in [5.74, 6) is -0.683. The SMILES string of the molecule is O=C(NCCn1ccnc1)c1cccc(F)c1. The molecule has 0 atom stereocenters. The Morgan fingerprint density at radius 2 is 2.35 bits per heavy atom. The molecule has 0 aliphatic carbocycles. The molecule has 1 N–H and O–H groups in total. The lowest BCUT2D eigenvalue weighted by molar-refractivity contribution is 0.0952. The molecule has 88 valence electrons. The van der Waals surface area contributed by atoms with Gasteiger partial charge in [-0.05, 0) is 18.2 Å². The standard InChI is InChI=1S/C12H12FN3O/c13-11-3-1-2-10(8-11)12(17)15-5-7-16-6-4-14-9-16/h1-4,6,8-9H,5,7H2,(H,15,17). The molecule has 2 rings (SSSR count). The van der Waals surface area contributed by atoms with E-state index < -0.39 is 5.82 Å². The molecule has 1 heterocycles. The molecule has 0 radical (unpaired) electrons. The zero-order chi connectivity index (χ0) is 12.1. The Morgan fingerprint density at radius 1 is 1.47 bits per heavy atom. The third kappa shape index (κ3) is 3.14. The van der Waals surface area contributed by atoms with E-state index >= 15 is 0 Å². The summed E-state index contributed by atoms with van der Waals surface area (Å²) in [6.07, 6.45) is 5.16. The van der Waals surface area contributed by atoms with Crippen molar-refractivity contribution in [3.05, 3.63) is 54.4 Å². The van der Waals surface area contributed by atoms with Crippen LogP contribution < -0.4 is 5.32 Å². The Bertz CT molecular complexity index is 496. The van der Waals surface area contributed by atoms with Crippen LogP contribution in [0.3, 0.4) is 0 Å². The van der Waals surface area contributed by atoms with E-state index in [-0.39, 0.29) is 5.91 Å². The summed E-state index contributed by atoms with van der Waals surface area (Å²) in [6.45, 7) is 1.12. The van der Waals surface area contributed by atoms with Crippen molar-refractivity contribution in [2.24, 2.45) is 0 Å². The lowest BCUT2D eigenvalue weighted by Crippen LogP contribution is -2.27. The predicted octanol–water partition coefficient (Wildman–Crippen LogP) is 1.45. The summed E-state index contributed by atoms with van der Waals surface area (Å²) in [6, 6.07) is 5.62. The molecule has 0 saturated carbocycles. The second-order valence-electron chi connectivity index (χ2n) is 3.57. The highest BCUT2D eigenvalue weighted by atomic mass is 19.1. The first kappa shape index (κ1) is 11.3. The average molecular weight is 233 g/mol. The van der Waals surface area contributed by atoms with Gasteiger partial charge in [-0.15, -0.1) is 0 Å². The first-order valence-electron chi connectivity index (χ1n) is 5.25. The van der Waals surface area contributed by atoms with E-state index in [4.69, 9.17) is 0 Å². The monoisotopic (exact) mass is 233 g/mol. The van der Waals surface area contributed by atoms with Crippen LogP contribution in [0, 0.1) is 5.82 Å². The van der Waals surface area contributed by atoms with E-state index in [0.717, 1.165) is 0 Å². The molecule has 1 amide bonds. The van der Waals surface area contributed by atoms with Gasteiger partial charge < -0.3 is 9.88 Å². The lowest BCUT2D eigenvalue weighted by Gasteiger charge is -2.05. The van der Waals surface area contributed by atoms with Crippen LogP contribution in [0.2, 0.25) is 0 Å². The van der Waals surface area contributed by atoms with E-state index in [1.54, 1.807) is 18.6 Å². The third-order valence-corrected chi connectivity index (χ3v) is 2.30. The maximum atomic E-state index is 12.9. The summed E-state index contributed by atoms with van der Waals surface area (Å²) in [5.41, 5.74) is 0.329. The van der Waals surface area contributed by atoms with Gasteiger partial charge >= 0.3 is 0 Å². The quantitative estimate of drug-likeness (QED) is 0.868. The largest absolute Gasteiger partial charge is 0.350 e. The summed E-state index contributed by atoms with van der Waals surface area (Å²) in [5, 5.41) is 2.71. The number of amides is 1. The molecular formula is C12H12FN3O. The smallest absolute Gasteiger partial charge is 0.251 e. The van der Waals surface area contributed by atoms with Gasteiger partial charge in [0.15, 0.2) is 0 Å². The first-order valence-corrected chi connectivity index (χ1v) is 5.25. The van der Waals surface area contributed by atoms with Crippen LogP contribution >= 0.6 is 0 Å². The van der Waals surface area contributed by atoms with Crippen molar-refractivity contribution in [1.29, 1.82) is 0 Å². The fourth-order valence-electron chi connectivity index (χ4n) is 1.45.